The zero-order chi connectivity index (χ0) is 18.0. The van der Waals surface area contributed by atoms with Gasteiger partial charge < -0.3 is 0 Å². The summed E-state index contributed by atoms with van der Waals surface area (Å²) in [5.41, 5.74) is 1.84. The Bertz CT molecular complexity index is 979. The first kappa shape index (κ1) is 17.7. The molecule has 0 fully saturated rings. The van der Waals surface area contributed by atoms with Gasteiger partial charge in [0.1, 0.15) is 4.90 Å². The number of aryl methyl sites for hydroxylation is 1. The molecule has 0 radical (unpaired) electrons. The minimum atomic E-state index is -3.68. The van der Waals surface area contributed by atoms with Gasteiger partial charge in [0, 0.05) is 12.7 Å². The summed E-state index contributed by atoms with van der Waals surface area (Å²) < 4.78 is 31.2. The number of hydrogen-bond acceptors (Lipinski definition) is 4. The third kappa shape index (κ3) is 3.76. The Hall–Kier alpha value is -2.16. The lowest BCUT2D eigenvalue weighted by Gasteiger charge is -2.08. The molecule has 2 aromatic heterocycles. The van der Waals surface area contributed by atoms with E-state index in [0.717, 1.165) is 5.69 Å². The number of sulfonamides is 1. The molecule has 0 atom stereocenters. The summed E-state index contributed by atoms with van der Waals surface area (Å²) >= 11 is 5.79. The van der Waals surface area contributed by atoms with Crippen LogP contribution in [0.4, 0.5) is 0 Å². The molecule has 2 heterocycles. The molecule has 132 valence electrons. The predicted octanol–water partition coefficient (Wildman–Crippen LogP) is 2.32. The highest BCUT2D eigenvalue weighted by Gasteiger charge is 2.24. The fraction of sp³-hybridized carbons (Fsp3) is 0.250. The van der Waals surface area contributed by atoms with Crippen molar-refractivity contribution >= 4 is 21.6 Å². The molecule has 9 heteroatoms. The molecule has 0 saturated heterocycles. The van der Waals surface area contributed by atoms with Gasteiger partial charge in [0.25, 0.3) is 0 Å². The Labute approximate surface area is 151 Å². The van der Waals surface area contributed by atoms with Crippen molar-refractivity contribution in [3.05, 3.63) is 59.1 Å². The van der Waals surface area contributed by atoms with E-state index in [1.807, 2.05) is 30.3 Å². The van der Waals surface area contributed by atoms with Crippen molar-refractivity contribution < 1.29 is 8.42 Å². The van der Waals surface area contributed by atoms with Crippen LogP contribution in [0.2, 0.25) is 5.02 Å². The first-order chi connectivity index (χ1) is 11.9. The van der Waals surface area contributed by atoms with Crippen molar-refractivity contribution in [1.29, 1.82) is 0 Å². The lowest BCUT2D eigenvalue weighted by Crippen LogP contribution is -2.28. The Morgan fingerprint density at radius 2 is 1.92 bits per heavy atom. The highest BCUT2D eigenvalue weighted by atomic mass is 35.5. The van der Waals surface area contributed by atoms with Gasteiger partial charge in [0.05, 0.1) is 34.8 Å². The monoisotopic (exact) mass is 379 g/mol. The van der Waals surface area contributed by atoms with Crippen molar-refractivity contribution in [2.75, 3.05) is 6.54 Å². The van der Waals surface area contributed by atoms with E-state index in [1.165, 1.54) is 6.20 Å². The van der Waals surface area contributed by atoms with Gasteiger partial charge in [0.2, 0.25) is 10.0 Å². The fourth-order valence-electron chi connectivity index (χ4n) is 2.67. The zero-order valence-electron chi connectivity index (χ0n) is 13.8. The zero-order valence-corrected chi connectivity index (χ0v) is 15.4. The quantitative estimate of drug-likeness (QED) is 0.712. The molecule has 0 unspecified atom stereocenters. The molecule has 1 N–H and O–H groups in total. The van der Waals surface area contributed by atoms with Crippen LogP contribution in [0.1, 0.15) is 11.4 Å². The van der Waals surface area contributed by atoms with E-state index < -0.39 is 10.0 Å². The molecule has 25 heavy (non-hydrogen) atoms. The molecule has 0 spiro atoms. The molecule has 1 aromatic carbocycles. The summed E-state index contributed by atoms with van der Waals surface area (Å²) in [5.74, 6) is 0. The SMILES string of the molecule is Cc1nn(-c2ccccc2)c(C)c1S(=O)(=O)NCCn1cc(Cl)cn1. The Kier molecular flexibility index (Phi) is 4.94. The number of hydrogen-bond donors (Lipinski definition) is 1. The van der Waals surface area contributed by atoms with E-state index in [0.29, 0.717) is 23.0 Å². The van der Waals surface area contributed by atoms with E-state index in [-0.39, 0.29) is 11.4 Å². The van der Waals surface area contributed by atoms with Crippen LogP contribution in [-0.2, 0) is 16.6 Å². The van der Waals surface area contributed by atoms with Crippen LogP contribution in [0.25, 0.3) is 5.69 Å². The van der Waals surface area contributed by atoms with Crippen LogP contribution in [0.5, 0.6) is 0 Å². The highest BCUT2D eigenvalue weighted by Crippen LogP contribution is 2.22. The second-order valence-corrected chi connectivity index (χ2v) is 7.71. The fourth-order valence-corrected chi connectivity index (χ4v) is 4.23. The number of nitrogens with zero attached hydrogens (tertiary/aromatic N) is 4. The van der Waals surface area contributed by atoms with Gasteiger partial charge in [-0.15, -0.1) is 0 Å². The summed E-state index contributed by atoms with van der Waals surface area (Å²) in [6, 6.07) is 9.42. The van der Waals surface area contributed by atoms with Crippen LogP contribution < -0.4 is 4.72 Å². The van der Waals surface area contributed by atoms with Crippen LogP contribution >= 0.6 is 11.6 Å². The van der Waals surface area contributed by atoms with E-state index in [9.17, 15) is 8.42 Å². The summed E-state index contributed by atoms with van der Waals surface area (Å²) in [6.07, 6.45) is 3.15. The van der Waals surface area contributed by atoms with Crippen molar-refractivity contribution in [2.45, 2.75) is 25.3 Å². The normalized spacial score (nSPS) is 11.8. The molecule has 0 saturated carbocycles. The van der Waals surface area contributed by atoms with Gasteiger partial charge in [-0.2, -0.15) is 10.2 Å². The Morgan fingerprint density at radius 1 is 1.20 bits per heavy atom. The maximum atomic E-state index is 12.7. The molecule has 0 bridgehead atoms. The van der Waals surface area contributed by atoms with E-state index in [2.05, 4.69) is 14.9 Å². The van der Waals surface area contributed by atoms with Gasteiger partial charge in [-0.3, -0.25) is 4.68 Å². The molecule has 3 rings (SSSR count). The average molecular weight is 380 g/mol. The number of aromatic nitrogens is 4. The van der Waals surface area contributed by atoms with Gasteiger partial charge in [0.15, 0.2) is 0 Å². The van der Waals surface area contributed by atoms with Crippen LogP contribution in [0, 0.1) is 13.8 Å². The van der Waals surface area contributed by atoms with Gasteiger partial charge in [-0.1, -0.05) is 29.8 Å². The summed E-state index contributed by atoms with van der Waals surface area (Å²) in [7, 11) is -3.68. The summed E-state index contributed by atoms with van der Waals surface area (Å²) in [4.78, 5) is 0.204. The molecule has 0 aliphatic rings. The topological polar surface area (TPSA) is 81.8 Å². The maximum Gasteiger partial charge on any atom is 0.244 e. The summed E-state index contributed by atoms with van der Waals surface area (Å²) in [5, 5.41) is 8.91. The van der Waals surface area contributed by atoms with Gasteiger partial charge in [-0.05, 0) is 26.0 Å². The minimum absolute atomic E-state index is 0.204. The molecule has 0 aliphatic heterocycles. The van der Waals surface area contributed by atoms with Crippen molar-refractivity contribution in [3.63, 3.8) is 0 Å². The number of benzene rings is 1. The van der Waals surface area contributed by atoms with Crippen LogP contribution in [0.15, 0.2) is 47.6 Å². The number of halogens is 1. The third-order valence-electron chi connectivity index (χ3n) is 3.73. The molecule has 0 amide bonds. The molecule has 0 aliphatic carbocycles. The van der Waals surface area contributed by atoms with Crippen LogP contribution in [0.3, 0.4) is 0 Å². The second-order valence-electron chi connectivity index (χ2n) is 5.57. The predicted molar refractivity (Wildman–Crippen MR) is 95.5 cm³/mol. The third-order valence-corrected chi connectivity index (χ3v) is 5.64. The molecule has 7 nitrogen and oxygen atoms in total. The lowest BCUT2D eigenvalue weighted by molar-refractivity contribution is 0.560. The minimum Gasteiger partial charge on any atom is -0.270 e. The van der Waals surface area contributed by atoms with E-state index in [1.54, 1.807) is 29.4 Å². The highest BCUT2D eigenvalue weighted by molar-refractivity contribution is 7.89. The van der Waals surface area contributed by atoms with Gasteiger partial charge in [-0.25, -0.2) is 17.8 Å². The standard InChI is InChI=1S/C16H18ClN5O2S/c1-12-16(13(2)22(20-12)15-6-4-3-5-7-15)25(23,24)19-8-9-21-11-14(17)10-18-21/h3-7,10-11,19H,8-9H2,1-2H3. The maximum absolute atomic E-state index is 12.7. The molecular formula is C16H18ClN5O2S. The smallest absolute Gasteiger partial charge is 0.244 e. The van der Waals surface area contributed by atoms with Crippen molar-refractivity contribution in [2.24, 2.45) is 0 Å². The molecular weight excluding hydrogens is 362 g/mol. The number of rotatable bonds is 6. The Balaban J connectivity index is 1.81. The summed E-state index contributed by atoms with van der Waals surface area (Å²) in [6.45, 7) is 4.02. The number of para-hydroxylation sites is 1. The first-order valence-corrected chi connectivity index (χ1v) is 9.54. The van der Waals surface area contributed by atoms with Crippen molar-refractivity contribution in [1.82, 2.24) is 24.3 Å². The lowest BCUT2D eigenvalue weighted by atomic mass is 10.3. The van der Waals surface area contributed by atoms with E-state index in [4.69, 9.17) is 11.6 Å². The first-order valence-electron chi connectivity index (χ1n) is 7.68. The number of nitrogens with one attached hydrogen (secondary N) is 1. The Morgan fingerprint density at radius 3 is 2.56 bits per heavy atom. The van der Waals surface area contributed by atoms with E-state index >= 15 is 0 Å². The molecule has 3 aromatic rings. The largest absolute Gasteiger partial charge is 0.270 e. The van der Waals surface area contributed by atoms with Crippen molar-refractivity contribution in [3.8, 4) is 5.69 Å². The second kappa shape index (κ2) is 6.99. The van der Waals surface area contributed by atoms with Crippen LogP contribution in [-0.4, -0.2) is 34.5 Å². The van der Waals surface area contributed by atoms with Gasteiger partial charge >= 0.3 is 0 Å². The average Bonchev–Trinajstić information content (AvgIpc) is 3.11.